The van der Waals surface area contributed by atoms with Crippen LogP contribution in [-0.4, -0.2) is 120 Å². The number of aromatic carboxylic acids is 1. The van der Waals surface area contributed by atoms with Crippen molar-refractivity contribution in [2.24, 2.45) is 41.4 Å². The molecule has 14 heteroatoms. The number of allylic oxidation sites excluding steroid dienone is 4. The quantitative estimate of drug-likeness (QED) is 0.113. The summed E-state index contributed by atoms with van der Waals surface area (Å²) in [5, 5.41) is 44.0. The second-order valence-electron chi connectivity index (χ2n) is 19.7. The van der Waals surface area contributed by atoms with Gasteiger partial charge in [-0.05, 0) is 107 Å². The fourth-order valence-corrected chi connectivity index (χ4v) is 10.7. The smallest absolute Gasteiger partial charge is 0.335 e. The van der Waals surface area contributed by atoms with E-state index in [0.717, 1.165) is 11.1 Å². The molecule has 2 unspecified atom stereocenters. The summed E-state index contributed by atoms with van der Waals surface area (Å²) >= 11 is 0. The Morgan fingerprint density at radius 2 is 1.47 bits per heavy atom. The van der Waals surface area contributed by atoms with E-state index < -0.39 is 95.5 Å². The number of ether oxygens (including phenoxy) is 5. The van der Waals surface area contributed by atoms with Gasteiger partial charge in [-0.15, -0.1) is 0 Å². The van der Waals surface area contributed by atoms with Gasteiger partial charge in [0.2, 0.25) is 11.6 Å². The van der Waals surface area contributed by atoms with Gasteiger partial charge in [0.05, 0.1) is 42.0 Å². The maximum Gasteiger partial charge on any atom is 0.335 e. The summed E-state index contributed by atoms with van der Waals surface area (Å²) < 4.78 is 30.1. The highest BCUT2D eigenvalue weighted by Crippen LogP contribution is 2.41. The summed E-state index contributed by atoms with van der Waals surface area (Å²) in [5.41, 5.74) is 2.45. The van der Waals surface area contributed by atoms with E-state index in [4.69, 9.17) is 23.7 Å². The van der Waals surface area contributed by atoms with Crippen molar-refractivity contribution < 1.29 is 68.1 Å². The number of fused-ring (bicyclic) bond motifs is 3. The van der Waals surface area contributed by atoms with Gasteiger partial charge in [0.25, 0.3) is 5.78 Å². The van der Waals surface area contributed by atoms with Gasteiger partial charge in [0, 0.05) is 51.4 Å². The zero-order valence-electron chi connectivity index (χ0n) is 40.1. The topological polar surface area (TPSA) is 212 Å². The molecule has 0 radical (unpaired) electrons. The van der Waals surface area contributed by atoms with Crippen molar-refractivity contribution in [2.75, 3.05) is 21.3 Å². The number of aliphatic hydroxyl groups is 3. The molecule has 2 saturated carbocycles. The summed E-state index contributed by atoms with van der Waals surface area (Å²) in [6, 6.07) is 6.40. The third kappa shape index (κ3) is 13.0. The van der Waals surface area contributed by atoms with E-state index in [1.807, 2.05) is 45.1 Å². The molecule has 1 saturated heterocycles. The Morgan fingerprint density at radius 3 is 2.11 bits per heavy atom. The third-order valence-electron chi connectivity index (χ3n) is 14.7. The van der Waals surface area contributed by atoms with Gasteiger partial charge < -0.3 is 44.1 Å². The second-order valence-corrected chi connectivity index (χ2v) is 19.7. The van der Waals surface area contributed by atoms with E-state index in [2.05, 4.69) is 0 Å². The molecule has 0 amide bonds. The molecule has 366 valence electrons. The first-order chi connectivity index (χ1) is 31.3. The molecule has 15 atom stereocenters. The van der Waals surface area contributed by atoms with E-state index in [1.54, 1.807) is 33.1 Å². The monoisotopic (exact) mass is 923 g/mol. The number of ketones is 3. The molecule has 2 aliphatic carbocycles. The number of rotatable bonds is 9. The first-order valence-electron chi connectivity index (χ1n) is 23.8. The van der Waals surface area contributed by atoms with Gasteiger partial charge in [-0.1, -0.05) is 75.6 Å². The molecule has 1 aromatic rings. The standard InChI is InChI=1S/C52H74O14/c1-29-22-30(2)24-44(63-7)48-45(64-8)26-32(4)52(61,66-48)49(57)46(56)38-14-9-10-15-39(38)51(60)65-47(31(3)25-35-18-21-40(53)43(27-35)62-6)33(5)41(54)28-42(55)37(23-29)13-11-12-34-16-19-36(20-17-34)50(58)59/h11-12,16-17,19-20,23,25,30,32-33,35,37-41,43-45,47-48,53-54,61H,9-10,13-15,18,21-22,24,26-28H2,1-8H3,(H,58,59)/b12-11+,29-23-,31-25+/t30-,32-,33-,35?,37+,38?,39-,40-,41+,43-,44-,45+,47-,48+,52-/m1/s1. The van der Waals surface area contributed by atoms with Crippen molar-refractivity contribution in [3.63, 3.8) is 0 Å². The number of aliphatic hydroxyl groups excluding tert-OH is 2. The van der Waals surface area contributed by atoms with Crippen LogP contribution < -0.4 is 0 Å². The Hall–Kier alpha value is -3.89. The number of esters is 1. The average Bonchev–Trinajstić information content (AvgIpc) is 3.29. The third-order valence-corrected chi connectivity index (χ3v) is 14.7. The highest BCUT2D eigenvalue weighted by molar-refractivity contribution is 6.41. The lowest BCUT2D eigenvalue weighted by atomic mass is 9.73. The molecule has 66 heavy (non-hydrogen) atoms. The van der Waals surface area contributed by atoms with Gasteiger partial charge in [-0.25, -0.2) is 4.79 Å². The number of carboxylic acid groups (broad SMARTS) is 1. The predicted octanol–water partition coefficient (Wildman–Crippen LogP) is 6.86. The lowest BCUT2D eigenvalue weighted by Crippen LogP contribution is -2.62. The lowest BCUT2D eigenvalue weighted by Gasteiger charge is -2.46. The van der Waals surface area contributed by atoms with Crippen LogP contribution in [0.4, 0.5) is 0 Å². The average molecular weight is 923 g/mol. The molecule has 5 rings (SSSR count). The number of carbonyl (C=O) groups is 5. The van der Waals surface area contributed by atoms with Crippen LogP contribution in [0.25, 0.3) is 6.08 Å². The van der Waals surface area contributed by atoms with Gasteiger partial charge in [0.15, 0.2) is 0 Å². The number of benzene rings is 1. The minimum atomic E-state index is -2.51. The fraction of sp³-hybridized carbons (Fsp3) is 0.673. The first-order valence-corrected chi connectivity index (χ1v) is 23.8. The molecule has 3 fully saturated rings. The SMILES string of the molecule is CO[C@H]1C[C@@H](C)[C@@]2(O)O[C@H]1[C@H](OC)C[C@H](C)C/C(C)=C\[C@H](C/C=C/c1ccc(C(=O)O)cc1)C(=O)C[C@H](O)[C@@H](C)[C@@H](/C(C)=C/C1CC[C@@H](O)[C@H](OC)C1)OC(=O)[C@@H]1CCCCC1C(=O)C2=O. The number of methoxy groups -OCH3 is 3. The Morgan fingerprint density at radius 1 is 0.833 bits per heavy atom. The molecule has 4 aliphatic rings. The summed E-state index contributed by atoms with van der Waals surface area (Å²) in [6.45, 7) is 9.13. The molecule has 2 heterocycles. The summed E-state index contributed by atoms with van der Waals surface area (Å²) in [6.07, 6.45) is 6.64. The Bertz CT molecular complexity index is 1940. The van der Waals surface area contributed by atoms with Crippen molar-refractivity contribution in [1.29, 1.82) is 0 Å². The van der Waals surface area contributed by atoms with Crippen LogP contribution in [-0.2, 0) is 42.9 Å². The summed E-state index contributed by atoms with van der Waals surface area (Å²) in [5.74, 6) is -11.0. The molecular weight excluding hydrogens is 849 g/mol. The lowest BCUT2D eigenvalue weighted by molar-refractivity contribution is -0.302. The van der Waals surface area contributed by atoms with Crippen LogP contribution in [0.15, 0.2) is 53.6 Å². The summed E-state index contributed by atoms with van der Waals surface area (Å²) in [7, 11) is 4.59. The van der Waals surface area contributed by atoms with Crippen LogP contribution >= 0.6 is 0 Å². The zero-order chi connectivity index (χ0) is 48.5. The predicted molar refractivity (Wildman–Crippen MR) is 246 cm³/mol. The van der Waals surface area contributed by atoms with Gasteiger partial charge in [-0.2, -0.15) is 0 Å². The first kappa shape index (κ1) is 53.1. The zero-order valence-corrected chi connectivity index (χ0v) is 40.1. The van der Waals surface area contributed by atoms with Crippen LogP contribution in [0, 0.1) is 41.4 Å². The van der Waals surface area contributed by atoms with Crippen LogP contribution in [0.5, 0.6) is 0 Å². The Kier molecular flexibility index (Phi) is 19.2. The largest absolute Gasteiger partial charge is 0.478 e. The van der Waals surface area contributed by atoms with E-state index in [-0.39, 0.29) is 61.4 Å². The maximum absolute atomic E-state index is 14.5. The highest BCUT2D eigenvalue weighted by atomic mass is 16.7. The van der Waals surface area contributed by atoms with Gasteiger partial charge in [-0.3, -0.25) is 19.2 Å². The van der Waals surface area contributed by atoms with E-state index >= 15 is 0 Å². The van der Waals surface area contributed by atoms with Crippen molar-refractivity contribution in [3.8, 4) is 0 Å². The van der Waals surface area contributed by atoms with E-state index in [1.165, 1.54) is 26.4 Å². The Labute approximate surface area is 390 Å². The van der Waals surface area contributed by atoms with Gasteiger partial charge >= 0.3 is 11.9 Å². The van der Waals surface area contributed by atoms with E-state index in [9.17, 15) is 44.4 Å². The second kappa shape index (κ2) is 23.9. The molecular formula is C52H74O14. The number of hydrogen-bond acceptors (Lipinski definition) is 13. The van der Waals surface area contributed by atoms with Crippen molar-refractivity contribution in [3.05, 3.63) is 64.8 Å². The van der Waals surface area contributed by atoms with Crippen molar-refractivity contribution in [2.45, 2.75) is 160 Å². The minimum Gasteiger partial charge on any atom is -0.478 e. The fourth-order valence-electron chi connectivity index (χ4n) is 10.7. The molecule has 0 spiro atoms. The number of hydrogen-bond donors (Lipinski definition) is 4. The minimum absolute atomic E-state index is 0.0423. The van der Waals surface area contributed by atoms with Crippen molar-refractivity contribution >= 4 is 35.4 Å². The normalized spacial score (nSPS) is 38.2. The highest BCUT2D eigenvalue weighted by Gasteiger charge is 2.57. The van der Waals surface area contributed by atoms with Crippen LogP contribution in [0.2, 0.25) is 0 Å². The number of Topliss-reactive ketones (excluding diaryl/α,β-unsaturated/α-hetero) is 3. The molecule has 2 aliphatic heterocycles. The number of carboxylic acids is 1. The summed E-state index contributed by atoms with van der Waals surface area (Å²) in [4.78, 5) is 69.2. The van der Waals surface area contributed by atoms with Crippen LogP contribution in [0.1, 0.15) is 128 Å². The van der Waals surface area contributed by atoms with E-state index in [0.29, 0.717) is 50.5 Å². The molecule has 1 aromatic carbocycles. The molecule has 0 aromatic heterocycles. The molecule has 14 nitrogen and oxygen atoms in total. The maximum atomic E-state index is 14.5. The number of cyclic esters (lactones) is 1. The Balaban J connectivity index is 1.55. The van der Waals surface area contributed by atoms with Crippen LogP contribution in [0.3, 0.4) is 0 Å². The molecule has 4 N–H and O–H groups in total. The van der Waals surface area contributed by atoms with Gasteiger partial charge in [0.1, 0.15) is 18.0 Å². The van der Waals surface area contributed by atoms with Crippen molar-refractivity contribution in [1.82, 2.24) is 0 Å². The number of carbonyl (C=O) groups excluding carboxylic acids is 4. The molecule has 2 bridgehead atoms.